The second kappa shape index (κ2) is 8.20. The van der Waals surface area contributed by atoms with Crippen molar-refractivity contribution in [3.05, 3.63) is 60.7 Å². The molecule has 0 saturated carbocycles. The molecule has 0 amide bonds. The highest BCUT2D eigenvalue weighted by Gasteiger charge is 1.93. The van der Waals surface area contributed by atoms with Gasteiger partial charge in [-0.1, -0.05) is 36.4 Å². The van der Waals surface area contributed by atoms with Gasteiger partial charge in [-0.3, -0.25) is 0 Å². The van der Waals surface area contributed by atoms with Crippen molar-refractivity contribution in [2.24, 2.45) is 10.2 Å². The lowest BCUT2D eigenvalue weighted by Gasteiger charge is -1.91. The summed E-state index contributed by atoms with van der Waals surface area (Å²) in [5.41, 5.74) is 1.74. The van der Waals surface area contributed by atoms with Crippen LogP contribution in [0.25, 0.3) is 0 Å². The molecular weight excluding hydrogens is 251 g/mol. The Balaban J connectivity index is 0.000000357. The number of hydrogen-bond acceptors (Lipinski definition) is 3. The number of nitrogens with zero attached hydrogens (tertiary/aromatic N) is 2. The molecule has 0 unspecified atom stereocenters. The van der Waals surface area contributed by atoms with Gasteiger partial charge in [0.1, 0.15) is 0 Å². The molecule has 0 saturated heterocycles. The van der Waals surface area contributed by atoms with Crippen LogP contribution in [-0.4, -0.2) is 9.79 Å². The summed E-state index contributed by atoms with van der Waals surface area (Å²) in [4.78, 5) is 14.2. The van der Waals surface area contributed by atoms with Crippen molar-refractivity contribution in [1.82, 2.24) is 0 Å². The molecule has 2 N–H and O–H groups in total. The van der Waals surface area contributed by atoms with Crippen LogP contribution in [0, 0.1) is 0 Å². The van der Waals surface area contributed by atoms with Crippen molar-refractivity contribution in [1.29, 1.82) is 0 Å². The minimum absolute atomic E-state index is 0.872. The van der Waals surface area contributed by atoms with E-state index in [-0.39, 0.29) is 0 Å². The molecule has 2 rings (SSSR count). The molecule has 18 heavy (non-hydrogen) atoms. The van der Waals surface area contributed by atoms with Crippen molar-refractivity contribution in [2.75, 3.05) is 0 Å². The van der Waals surface area contributed by atoms with Crippen LogP contribution in [0.5, 0.6) is 0 Å². The largest absolute Gasteiger partial charge is 0.692 e. The van der Waals surface area contributed by atoms with Gasteiger partial charge in [-0.25, -0.2) is 0 Å². The summed E-state index contributed by atoms with van der Waals surface area (Å²) in [5.74, 6) is 0. The minimum Gasteiger partial charge on any atom is -0.151 e. The van der Waals surface area contributed by atoms with E-state index in [1.807, 2.05) is 60.7 Å². The van der Waals surface area contributed by atoms with Crippen LogP contribution in [0.3, 0.4) is 0 Å². The number of benzene rings is 2. The Morgan fingerprint density at radius 3 is 1.28 bits per heavy atom. The molecule has 0 radical (unpaired) electrons. The smallest absolute Gasteiger partial charge is 0.151 e. The standard InChI is InChI=1S/C12H10N2.HO3P/c1-3-7-11(8-4-1)13-14-12-9-5-2-6-10-12;1-4(2)3/h1-10H;(H-,1,2,3)/p+1. The van der Waals surface area contributed by atoms with Gasteiger partial charge in [-0.15, -0.1) is 9.79 Å². The predicted octanol–water partition coefficient (Wildman–Crippen LogP) is 3.73. The van der Waals surface area contributed by atoms with E-state index in [4.69, 9.17) is 14.4 Å². The van der Waals surface area contributed by atoms with Gasteiger partial charge in [0.2, 0.25) is 0 Å². The van der Waals surface area contributed by atoms with Crippen molar-refractivity contribution in [3.63, 3.8) is 0 Å². The van der Waals surface area contributed by atoms with Crippen molar-refractivity contribution >= 4 is 19.6 Å². The van der Waals surface area contributed by atoms with Gasteiger partial charge in [-0.05, 0) is 24.3 Å². The molecule has 5 nitrogen and oxygen atoms in total. The molecule has 0 bridgehead atoms. The lowest BCUT2D eigenvalue weighted by Crippen LogP contribution is -1.62. The van der Waals surface area contributed by atoms with Crippen LogP contribution in [-0.2, 0) is 4.57 Å². The number of rotatable bonds is 2. The Labute approximate surface area is 105 Å². The van der Waals surface area contributed by atoms with Crippen molar-refractivity contribution < 1.29 is 14.4 Å². The molecule has 2 aromatic rings. The van der Waals surface area contributed by atoms with Gasteiger partial charge in [0.15, 0.2) is 0 Å². The summed E-state index contributed by atoms with van der Waals surface area (Å²) < 4.78 is 8.70. The maximum Gasteiger partial charge on any atom is 0.692 e. The maximum absolute atomic E-state index is 8.70. The molecular formula is C12H12N2O3P+. The Hall–Kier alpha value is -1.94. The van der Waals surface area contributed by atoms with Gasteiger partial charge in [-0.2, -0.15) is 10.2 Å². The summed E-state index contributed by atoms with van der Waals surface area (Å²) in [5, 5.41) is 8.20. The highest BCUT2D eigenvalue weighted by molar-refractivity contribution is 7.30. The van der Waals surface area contributed by atoms with E-state index < -0.39 is 8.25 Å². The van der Waals surface area contributed by atoms with Crippen molar-refractivity contribution in [2.45, 2.75) is 0 Å². The van der Waals surface area contributed by atoms with Crippen LogP contribution in [0.4, 0.5) is 11.4 Å². The summed E-state index contributed by atoms with van der Waals surface area (Å²) in [6.07, 6.45) is 0. The number of hydrogen-bond donors (Lipinski definition) is 2. The normalized spacial score (nSPS) is 9.67. The van der Waals surface area contributed by atoms with Crippen LogP contribution in [0.1, 0.15) is 0 Å². The second-order valence-corrected chi connectivity index (χ2v) is 3.63. The van der Waals surface area contributed by atoms with E-state index in [9.17, 15) is 0 Å². The van der Waals surface area contributed by atoms with E-state index in [1.54, 1.807) is 0 Å². The SMILES string of the molecule is O=[P+](O)O.c1ccc(N=Nc2ccccc2)cc1. The third-order valence-electron chi connectivity index (χ3n) is 1.79. The van der Waals surface area contributed by atoms with Crippen LogP contribution in [0.2, 0.25) is 0 Å². The molecule has 0 aliphatic carbocycles. The van der Waals surface area contributed by atoms with E-state index in [0.29, 0.717) is 0 Å². The zero-order chi connectivity index (χ0) is 13.2. The van der Waals surface area contributed by atoms with Crippen LogP contribution < -0.4 is 0 Å². The summed E-state index contributed by atoms with van der Waals surface area (Å²) in [6.45, 7) is 0. The van der Waals surface area contributed by atoms with Gasteiger partial charge in [0, 0.05) is 4.57 Å². The Morgan fingerprint density at radius 2 is 1.00 bits per heavy atom. The minimum atomic E-state index is -2.87. The Morgan fingerprint density at radius 1 is 0.722 bits per heavy atom. The quantitative estimate of drug-likeness (QED) is 0.639. The second-order valence-electron chi connectivity index (χ2n) is 3.12. The molecule has 0 atom stereocenters. The van der Waals surface area contributed by atoms with Gasteiger partial charge in [0.05, 0.1) is 11.4 Å². The highest BCUT2D eigenvalue weighted by atomic mass is 31.1. The van der Waals surface area contributed by atoms with Crippen molar-refractivity contribution in [3.8, 4) is 0 Å². The molecule has 0 aromatic heterocycles. The highest BCUT2D eigenvalue weighted by Crippen LogP contribution is 2.16. The molecule has 0 fully saturated rings. The monoisotopic (exact) mass is 263 g/mol. The fourth-order valence-electron chi connectivity index (χ4n) is 1.10. The average Bonchev–Trinajstić information content (AvgIpc) is 2.38. The van der Waals surface area contributed by atoms with Crippen LogP contribution >= 0.6 is 8.25 Å². The fraction of sp³-hybridized carbons (Fsp3) is 0. The lowest BCUT2D eigenvalue weighted by molar-refractivity contribution is 0.405. The first-order valence-corrected chi connectivity index (χ1v) is 6.22. The van der Waals surface area contributed by atoms with E-state index >= 15 is 0 Å². The Bertz CT molecular complexity index is 458. The first kappa shape index (κ1) is 14.1. The topological polar surface area (TPSA) is 82.2 Å². The van der Waals surface area contributed by atoms with Gasteiger partial charge >= 0.3 is 8.25 Å². The molecule has 0 aliphatic rings. The summed E-state index contributed by atoms with van der Waals surface area (Å²) in [7, 11) is -2.87. The van der Waals surface area contributed by atoms with Gasteiger partial charge < -0.3 is 0 Å². The molecule has 0 aliphatic heterocycles. The molecule has 2 aromatic carbocycles. The fourth-order valence-corrected chi connectivity index (χ4v) is 1.10. The maximum atomic E-state index is 8.70. The zero-order valence-corrected chi connectivity index (χ0v) is 10.3. The lowest BCUT2D eigenvalue weighted by atomic mass is 10.3. The van der Waals surface area contributed by atoms with Gasteiger partial charge in [0.25, 0.3) is 0 Å². The van der Waals surface area contributed by atoms with Crippen LogP contribution in [0.15, 0.2) is 70.9 Å². The van der Waals surface area contributed by atoms with E-state index in [1.165, 1.54) is 0 Å². The van der Waals surface area contributed by atoms with E-state index in [2.05, 4.69) is 10.2 Å². The summed E-state index contributed by atoms with van der Waals surface area (Å²) in [6, 6.07) is 19.4. The molecule has 0 spiro atoms. The third kappa shape index (κ3) is 6.60. The Kier molecular flexibility index (Phi) is 6.43. The predicted molar refractivity (Wildman–Crippen MR) is 69.1 cm³/mol. The van der Waals surface area contributed by atoms with E-state index in [0.717, 1.165) is 11.4 Å². The number of azo groups is 1. The molecule has 6 heteroatoms. The molecule has 92 valence electrons. The third-order valence-corrected chi connectivity index (χ3v) is 1.79. The molecule has 0 heterocycles. The first-order valence-electron chi connectivity index (χ1n) is 5.05. The summed E-state index contributed by atoms with van der Waals surface area (Å²) >= 11 is 0. The average molecular weight is 263 g/mol. The first-order chi connectivity index (χ1) is 8.68. The zero-order valence-electron chi connectivity index (χ0n) is 9.42.